The first kappa shape index (κ1) is 15.6. The molecular weight excluding hydrogens is 346 g/mol. The zero-order chi connectivity index (χ0) is 13.1. The Balaban J connectivity index is 0.000000437. The van der Waals surface area contributed by atoms with Crippen LogP contribution >= 0.6 is 17.0 Å². The van der Waals surface area contributed by atoms with E-state index in [-0.39, 0.29) is 0 Å². The van der Waals surface area contributed by atoms with E-state index < -0.39 is 28.9 Å². The first-order chi connectivity index (χ1) is 7.90. The van der Waals surface area contributed by atoms with E-state index in [1.807, 2.05) is 0 Å². The number of benzene rings is 1. The van der Waals surface area contributed by atoms with Crippen LogP contribution in [0.4, 0.5) is 0 Å². The molecule has 2 aromatic carbocycles. The third-order valence-corrected chi connectivity index (χ3v) is 4.76. The number of hydrogen-bond donors (Lipinski definition) is 0. The summed E-state index contributed by atoms with van der Waals surface area (Å²) in [4.78, 5) is 0. The van der Waals surface area contributed by atoms with Gasteiger partial charge < -0.3 is 0 Å². The zero-order valence-electron chi connectivity index (χ0n) is 10.6. The molecule has 4 heteroatoms. The summed E-state index contributed by atoms with van der Waals surface area (Å²) in [5.41, 5.74) is 1.38. The minimum absolute atomic E-state index is 0.826. The van der Waals surface area contributed by atoms with E-state index in [1.54, 1.807) is 5.19 Å². The van der Waals surface area contributed by atoms with E-state index >= 15 is 0 Å². The number of hydrogen-bond acceptors (Lipinski definition) is 0. The summed E-state index contributed by atoms with van der Waals surface area (Å²) in [5.74, 6) is 0. The Morgan fingerprint density at radius 3 is 2.29 bits per heavy atom. The van der Waals surface area contributed by atoms with E-state index in [0.717, 1.165) is 0 Å². The van der Waals surface area contributed by atoms with Crippen LogP contribution in [0.3, 0.4) is 0 Å². The van der Waals surface area contributed by atoms with Crippen LogP contribution in [0, 0.1) is 6.92 Å². The summed E-state index contributed by atoms with van der Waals surface area (Å²) < 4.78 is 0. The standard InChI is InChI=1S/C13H17Si.2ClH.Zr/c1-10-8-11-6-5-7-13(12(11)9-10)14(2,3)4;;;/h5-9H,1-4H3;2*1H;/q-1;;;+2/p-2. The third kappa shape index (κ3) is 4.28. The molecule has 2 rings (SSSR count). The van der Waals surface area contributed by atoms with Gasteiger partial charge in [0, 0.05) is 0 Å². The van der Waals surface area contributed by atoms with Crippen LogP contribution < -0.4 is 5.19 Å². The molecule has 0 radical (unpaired) electrons. The van der Waals surface area contributed by atoms with Crippen molar-refractivity contribution in [2.75, 3.05) is 0 Å². The minimum atomic E-state index is -1.18. The van der Waals surface area contributed by atoms with Crippen LogP contribution in [0.25, 0.3) is 10.8 Å². The average Bonchev–Trinajstić information content (AvgIpc) is 2.56. The summed E-state index contributed by atoms with van der Waals surface area (Å²) in [6.07, 6.45) is 0. The number of fused-ring (bicyclic) bond motifs is 1. The van der Waals surface area contributed by atoms with Crippen LogP contribution in [0.15, 0.2) is 30.3 Å². The van der Waals surface area contributed by atoms with E-state index in [0.29, 0.717) is 0 Å². The van der Waals surface area contributed by atoms with Gasteiger partial charge in [-0.25, -0.2) is 0 Å². The van der Waals surface area contributed by atoms with Crippen molar-refractivity contribution in [2.45, 2.75) is 26.6 Å². The Hall–Kier alpha value is 0.510. The van der Waals surface area contributed by atoms with Crippen molar-refractivity contribution in [3.05, 3.63) is 35.9 Å². The van der Waals surface area contributed by atoms with Crippen LogP contribution in [-0.4, -0.2) is 8.07 Å². The summed E-state index contributed by atoms with van der Waals surface area (Å²) in [5, 5.41) is 4.47. The predicted molar refractivity (Wildman–Crippen MR) is 79.0 cm³/mol. The van der Waals surface area contributed by atoms with Gasteiger partial charge in [0.1, 0.15) is 0 Å². The topological polar surface area (TPSA) is 0 Å². The Morgan fingerprint density at radius 2 is 1.76 bits per heavy atom. The molecule has 0 nitrogen and oxygen atoms in total. The monoisotopic (exact) mass is 361 g/mol. The van der Waals surface area contributed by atoms with Gasteiger partial charge in [0.2, 0.25) is 0 Å². The normalized spacial score (nSPS) is 10.9. The summed E-state index contributed by atoms with van der Waals surface area (Å²) in [6, 6.07) is 11.3. The fourth-order valence-electron chi connectivity index (χ4n) is 2.04. The number of halogens is 2. The number of aryl methyl sites for hydroxylation is 1. The predicted octanol–water partition coefficient (Wildman–Crippen LogP) is 4.79. The molecule has 0 aliphatic heterocycles. The first-order valence-corrected chi connectivity index (χ1v) is 15.4. The van der Waals surface area contributed by atoms with Crippen LogP contribution in [0.5, 0.6) is 0 Å². The average molecular weight is 363 g/mol. The van der Waals surface area contributed by atoms with Gasteiger partial charge in [0.25, 0.3) is 0 Å². The van der Waals surface area contributed by atoms with Crippen molar-refractivity contribution in [3.63, 3.8) is 0 Å². The summed E-state index contributed by atoms with van der Waals surface area (Å²) in [6.45, 7) is 9.40. The molecule has 0 aliphatic carbocycles. The molecule has 0 unspecified atom stereocenters. The Morgan fingerprint density at radius 1 is 1.18 bits per heavy atom. The van der Waals surface area contributed by atoms with Crippen LogP contribution in [0.2, 0.25) is 19.6 Å². The molecule has 0 fully saturated rings. The van der Waals surface area contributed by atoms with Crippen LogP contribution in [0.1, 0.15) is 5.56 Å². The third-order valence-electron chi connectivity index (χ3n) is 2.70. The van der Waals surface area contributed by atoms with Crippen molar-refractivity contribution < 1.29 is 20.8 Å². The van der Waals surface area contributed by atoms with Gasteiger partial charge in [0.15, 0.2) is 0 Å². The van der Waals surface area contributed by atoms with E-state index in [1.165, 1.54) is 16.3 Å². The molecule has 0 atom stereocenters. The van der Waals surface area contributed by atoms with Gasteiger partial charge >= 0.3 is 37.9 Å². The Kier molecular flexibility index (Phi) is 6.05. The van der Waals surface area contributed by atoms with E-state index in [4.69, 9.17) is 17.0 Å². The molecule has 0 amide bonds. The van der Waals surface area contributed by atoms with Gasteiger partial charge in [-0.2, -0.15) is 11.5 Å². The van der Waals surface area contributed by atoms with Crippen LogP contribution in [-0.2, 0) is 20.8 Å². The summed E-state index contributed by atoms with van der Waals surface area (Å²) >= 11 is -0.826. The van der Waals surface area contributed by atoms with Gasteiger partial charge in [-0.15, -0.1) is 34.3 Å². The molecule has 0 aliphatic rings. The second kappa shape index (κ2) is 6.61. The quantitative estimate of drug-likeness (QED) is 0.505. The van der Waals surface area contributed by atoms with Crippen molar-refractivity contribution in [2.24, 2.45) is 0 Å². The van der Waals surface area contributed by atoms with Crippen molar-refractivity contribution in [1.82, 2.24) is 0 Å². The van der Waals surface area contributed by atoms with E-state index in [9.17, 15) is 0 Å². The van der Waals surface area contributed by atoms with Crippen molar-refractivity contribution in [3.8, 4) is 0 Å². The molecule has 0 N–H and O–H groups in total. The fourth-order valence-corrected chi connectivity index (χ4v) is 3.66. The van der Waals surface area contributed by atoms with Gasteiger partial charge in [-0.05, 0) is 0 Å². The maximum atomic E-state index is 4.93. The molecule has 0 spiro atoms. The van der Waals surface area contributed by atoms with Crippen molar-refractivity contribution in [1.29, 1.82) is 0 Å². The molecule has 0 bridgehead atoms. The molecule has 2 aromatic rings. The SMILES string of the molecule is Cc1cc2c([Si](C)(C)C)cccc2[cH-]1.[Cl][Zr][Cl]. The molecular formula is C13H17Cl2SiZr-. The van der Waals surface area contributed by atoms with Gasteiger partial charge in [0.05, 0.1) is 8.07 Å². The molecule has 92 valence electrons. The molecule has 0 saturated heterocycles. The second-order valence-corrected chi connectivity index (χ2v) is 13.9. The first-order valence-electron chi connectivity index (χ1n) is 5.53. The molecule has 0 heterocycles. The Labute approximate surface area is 123 Å². The molecule has 17 heavy (non-hydrogen) atoms. The van der Waals surface area contributed by atoms with Gasteiger partial charge in [-0.1, -0.05) is 32.6 Å². The maximum absolute atomic E-state index is 4.93. The molecule has 0 aromatic heterocycles. The van der Waals surface area contributed by atoms with Crippen molar-refractivity contribution >= 4 is 41.1 Å². The Bertz CT molecular complexity index is 486. The summed E-state index contributed by atoms with van der Waals surface area (Å²) in [7, 11) is 8.68. The molecule has 0 saturated carbocycles. The fraction of sp³-hybridized carbons (Fsp3) is 0.308. The second-order valence-electron chi connectivity index (χ2n) is 5.16. The van der Waals surface area contributed by atoms with Gasteiger partial charge in [-0.3, -0.25) is 0 Å². The number of rotatable bonds is 1. The zero-order valence-corrected chi connectivity index (χ0v) is 15.6. The van der Waals surface area contributed by atoms with E-state index in [2.05, 4.69) is 56.9 Å².